The Labute approximate surface area is 105 Å². The van der Waals surface area contributed by atoms with Crippen molar-refractivity contribution < 1.29 is 23.4 Å². The Kier molecular flexibility index (Phi) is 3.98. The highest BCUT2D eigenvalue weighted by molar-refractivity contribution is 7.90. The fraction of sp³-hybridized carbons (Fsp3) is 0.364. The molecular weight excluding hydrogens is 258 g/mol. The van der Waals surface area contributed by atoms with E-state index in [1.54, 1.807) is 0 Å². The molecule has 0 aliphatic carbocycles. The molecule has 0 spiro atoms. The van der Waals surface area contributed by atoms with Crippen LogP contribution in [0.15, 0.2) is 17.0 Å². The minimum Gasteiger partial charge on any atom is -0.508 e. The van der Waals surface area contributed by atoms with Gasteiger partial charge in [0.25, 0.3) is 0 Å². The van der Waals surface area contributed by atoms with E-state index >= 15 is 0 Å². The second-order valence-corrected chi connectivity index (χ2v) is 6.06. The Bertz CT molecular complexity index is 579. The van der Waals surface area contributed by atoms with Crippen LogP contribution >= 0.6 is 0 Å². The maximum Gasteiger partial charge on any atom is 0.312 e. The number of benzene rings is 1. The molecule has 18 heavy (non-hydrogen) atoms. The van der Waals surface area contributed by atoms with Crippen molar-refractivity contribution in [3.63, 3.8) is 0 Å². The maximum atomic E-state index is 11.6. The first-order chi connectivity index (χ1) is 8.18. The van der Waals surface area contributed by atoms with E-state index < -0.39 is 21.7 Å². The number of aryl methyl sites for hydroxylation is 1. The fourth-order valence-corrected chi connectivity index (χ4v) is 2.66. The van der Waals surface area contributed by atoms with Gasteiger partial charge in [-0.1, -0.05) is 0 Å². The summed E-state index contributed by atoms with van der Waals surface area (Å²) in [6.07, 6.45) is 0.984. The van der Waals surface area contributed by atoms with Crippen LogP contribution in [0.5, 0.6) is 5.75 Å². The number of sulfone groups is 1. The molecule has 1 atom stereocenters. The number of rotatable bonds is 4. The van der Waals surface area contributed by atoms with Gasteiger partial charge in [0.15, 0.2) is 9.84 Å². The first kappa shape index (κ1) is 14.5. The smallest absolute Gasteiger partial charge is 0.312 e. The van der Waals surface area contributed by atoms with Crippen LogP contribution in [0.4, 0.5) is 0 Å². The average Bonchev–Trinajstić information content (AvgIpc) is 2.21. The quantitative estimate of drug-likeness (QED) is 0.722. The topological polar surface area (TPSA) is 118 Å². The molecular formula is C11H15NO5S. The number of hydrogen-bond acceptors (Lipinski definition) is 5. The van der Waals surface area contributed by atoms with Gasteiger partial charge in [0.1, 0.15) is 5.75 Å². The zero-order valence-corrected chi connectivity index (χ0v) is 10.9. The van der Waals surface area contributed by atoms with Crippen molar-refractivity contribution in [3.8, 4) is 5.75 Å². The van der Waals surface area contributed by atoms with E-state index in [1.165, 1.54) is 13.0 Å². The van der Waals surface area contributed by atoms with E-state index in [4.69, 9.17) is 10.8 Å². The maximum absolute atomic E-state index is 11.6. The van der Waals surface area contributed by atoms with Crippen LogP contribution in [0.2, 0.25) is 0 Å². The minimum atomic E-state index is -3.59. The summed E-state index contributed by atoms with van der Waals surface area (Å²) in [5, 5.41) is 18.6. The first-order valence-electron chi connectivity index (χ1n) is 5.15. The highest BCUT2D eigenvalue weighted by Crippen LogP contribution is 2.30. The van der Waals surface area contributed by atoms with Gasteiger partial charge in [0.2, 0.25) is 0 Å². The molecule has 1 unspecified atom stereocenters. The third-order valence-electron chi connectivity index (χ3n) is 2.64. The molecule has 0 aliphatic heterocycles. The van der Waals surface area contributed by atoms with Crippen LogP contribution in [-0.4, -0.2) is 37.4 Å². The van der Waals surface area contributed by atoms with Crippen molar-refractivity contribution >= 4 is 15.8 Å². The Hall–Kier alpha value is -1.60. The molecule has 1 aromatic carbocycles. The highest BCUT2D eigenvalue weighted by Gasteiger charge is 2.26. The van der Waals surface area contributed by atoms with Gasteiger partial charge in [0.05, 0.1) is 10.8 Å². The molecule has 1 aromatic rings. The van der Waals surface area contributed by atoms with Crippen molar-refractivity contribution in [1.29, 1.82) is 0 Å². The number of aliphatic carboxylic acids is 1. The number of phenols is 1. The lowest BCUT2D eigenvalue weighted by molar-refractivity contribution is -0.138. The van der Waals surface area contributed by atoms with Gasteiger partial charge in [-0.15, -0.1) is 0 Å². The molecule has 0 aliphatic rings. The lowest BCUT2D eigenvalue weighted by atomic mass is 9.97. The Morgan fingerprint density at radius 3 is 2.39 bits per heavy atom. The normalized spacial score (nSPS) is 13.3. The van der Waals surface area contributed by atoms with Crippen LogP contribution in [0.25, 0.3) is 0 Å². The standard InChI is InChI=1S/C11H15NO5S/c1-6-3-10(18(2,16)17)7(4-9(6)13)8(5-12)11(14)15/h3-4,8,13H,5,12H2,1-2H3,(H,14,15). The summed E-state index contributed by atoms with van der Waals surface area (Å²) in [6.45, 7) is 1.28. The van der Waals surface area contributed by atoms with Crippen LogP contribution in [-0.2, 0) is 14.6 Å². The number of nitrogens with two attached hydrogens (primary N) is 1. The molecule has 100 valence electrons. The molecule has 0 heterocycles. The van der Waals surface area contributed by atoms with E-state index in [1.807, 2.05) is 0 Å². The number of carbonyl (C=O) groups is 1. The van der Waals surface area contributed by atoms with Crippen LogP contribution < -0.4 is 5.73 Å². The Morgan fingerprint density at radius 1 is 1.44 bits per heavy atom. The minimum absolute atomic E-state index is 0.00981. The fourth-order valence-electron chi connectivity index (χ4n) is 1.64. The molecule has 0 amide bonds. The van der Waals surface area contributed by atoms with Gasteiger partial charge in [-0.3, -0.25) is 4.79 Å². The molecule has 0 radical (unpaired) electrons. The number of phenolic OH excluding ortho intramolecular Hbond substituents is 1. The van der Waals surface area contributed by atoms with Crippen molar-refractivity contribution in [3.05, 3.63) is 23.3 Å². The molecule has 0 saturated heterocycles. The molecule has 1 rings (SSSR count). The molecule has 0 fully saturated rings. The lowest BCUT2D eigenvalue weighted by Gasteiger charge is -2.15. The van der Waals surface area contributed by atoms with Crippen LogP contribution in [0.1, 0.15) is 17.0 Å². The second kappa shape index (κ2) is 4.95. The summed E-state index contributed by atoms with van der Waals surface area (Å²) >= 11 is 0. The van der Waals surface area contributed by atoms with Gasteiger partial charge in [0, 0.05) is 12.8 Å². The summed E-state index contributed by atoms with van der Waals surface area (Å²) in [4.78, 5) is 10.9. The zero-order chi connectivity index (χ0) is 14.1. The molecule has 6 nitrogen and oxygen atoms in total. The number of carboxylic acid groups (broad SMARTS) is 1. The molecule has 0 saturated carbocycles. The first-order valence-corrected chi connectivity index (χ1v) is 7.04. The van der Waals surface area contributed by atoms with E-state index in [0.717, 1.165) is 12.3 Å². The molecule has 0 bridgehead atoms. The van der Waals surface area contributed by atoms with Crippen LogP contribution in [0.3, 0.4) is 0 Å². The van der Waals surface area contributed by atoms with Crippen molar-refractivity contribution in [2.24, 2.45) is 5.73 Å². The molecule has 0 aromatic heterocycles. The largest absolute Gasteiger partial charge is 0.508 e. The van der Waals surface area contributed by atoms with E-state index in [-0.39, 0.29) is 22.8 Å². The second-order valence-electron chi connectivity index (χ2n) is 4.08. The molecule has 7 heteroatoms. The van der Waals surface area contributed by atoms with Crippen molar-refractivity contribution in [1.82, 2.24) is 0 Å². The number of hydrogen-bond donors (Lipinski definition) is 3. The summed E-state index contributed by atoms with van der Waals surface area (Å²) in [5.41, 5.74) is 5.72. The lowest BCUT2D eigenvalue weighted by Crippen LogP contribution is -2.23. The predicted molar refractivity (Wildman–Crippen MR) is 65.4 cm³/mol. The summed E-state index contributed by atoms with van der Waals surface area (Å²) in [6, 6.07) is 2.41. The summed E-state index contributed by atoms with van der Waals surface area (Å²) in [7, 11) is -3.59. The van der Waals surface area contributed by atoms with Gasteiger partial charge >= 0.3 is 5.97 Å². The van der Waals surface area contributed by atoms with Crippen LogP contribution in [0, 0.1) is 6.92 Å². The Morgan fingerprint density at radius 2 is 2.00 bits per heavy atom. The number of aromatic hydroxyl groups is 1. The third kappa shape index (κ3) is 2.80. The van der Waals surface area contributed by atoms with Gasteiger partial charge in [-0.2, -0.15) is 0 Å². The van der Waals surface area contributed by atoms with Gasteiger partial charge < -0.3 is 15.9 Å². The predicted octanol–water partition coefficient (Wildman–Crippen LogP) is 0.231. The third-order valence-corrected chi connectivity index (χ3v) is 3.79. The van der Waals surface area contributed by atoms with E-state index in [2.05, 4.69) is 0 Å². The van der Waals surface area contributed by atoms with Crippen molar-refractivity contribution in [2.75, 3.05) is 12.8 Å². The monoisotopic (exact) mass is 273 g/mol. The highest BCUT2D eigenvalue weighted by atomic mass is 32.2. The number of carboxylic acids is 1. The average molecular weight is 273 g/mol. The summed E-state index contributed by atoms with van der Waals surface area (Å²) < 4.78 is 23.3. The SMILES string of the molecule is Cc1cc(S(C)(=O)=O)c(C(CN)C(=O)O)cc1O. The van der Waals surface area contributed by atoms with Crippen molar-refractivity contribution in [2.45, 2.75) is 17.7 Å². The van der Waals surface area contributed by atoms with Gasteiger partial charge in [-0.05, 0) is 30.2 Å². The molecule has 4 N–H and O–H groups in total. The zero-order valence-electron chi connectivity index (χ0n) is 10.0. The van der Waals surface area contributed by atoms with E-state index in [0.29, 0.717) is 5.56 Å². The van der Waals surface area contributed by atoms with E-state index in [9.17, 15) is 18.3 Å². The Balaban J connectivity index is 3.60. The summed E-state index contributed by atoms with van der Waals surface area (Å²) in [5.74, 6) is -2.55. The van der Waals surface area contributed by atoms with Gasteiger partial charge in [-0.25, -0.2) is 8.42 Å².